The fourth-order valence-corrected chi connectivity index (χ4v) is 4.52. The molecule has 0 unspecified atom stereocenters. The Morgan fingerprint density at radius 1 is 1.26 bits per heavy atom. The summed E-state index contributed by atoms with van der Waals surface area (Å²) >= 11 is 6.13. The molecule has 1 amide bonds. The number of nitrogens with two attached hydrogens (primary N) is 1. The summed E-state index contributed by atoms with van der Waals surface area (Å²) in [6.45, 7) is 5.78. The first-order valence-corrected chi connectivity index (χ1v) is 10.5. The highest BCUT2D eigenvalue weighted by molar-refractivity contribution is 6.33. The lowest BCUT2D eigenvalue weighted by Gasteiger charge is -2.38. The van der Waals surface area contributed by atoms with Gasteiger partial charge in [0.2, 0.25) is 0 Å². The number of nitrogen functional groups attached to an aromatic ring is 1. The van der Waals surface area contributed by atoms with Gasteiger partial charge in [0.05, 0.1) is 23.4 Å². The largest absolute Gasteiger partial charge is 0.496 e. The van der Waals surface area contributed by atoms with Crippen molar-refractivity contribution in [1.29, 1.82) is 0 Å². The Bertz CT molecular complexity index is 659. The Kier molecular flexibility index (Phi) is 6.88. The minimum Gasteiger partial charge on any atom is -0.496 e. The number of hydrogen-bond donors (Lipinski definition) is 2. The number of anilines is 1. The highest BCUT2D eigenvalue weighted by Crippen LogP contribution is 2.31. The average molecular weight is 394 g/mol. The molecule has 1 heterocycles. The number of rotatable bonds is 5. The number of benzene rings is 1. The van der Waals surface area contributed by atoms with Crippen molar-refractivity contribution < 1.29 is 9.53 Å². The van der Waals surface area contributed by atoms with Crippen LogP contribution < -0.4 is 15.8 Å². The lowest BCUT2D eigenvalue weighted by atomic mass is 9.83. The molecule has 2 fully saturated rings. The molecule has 2 aliphatic rings. The van der Waals surface area contributed by atoms with Crippen LogP contribution in [0.5, 0.6) is 5.75 Å². The number of hydrogen-bond acceptors (Lipinski definition) is 4. The number of nitrogens with one attached hydrogen (secondary N) is 1. The van der Waals surface area contributed by atoms with E-state index in [2.05, 4.69) is 17.1 Å². The summed E-state index contributed by atoms with van der Waals surface area (Å²) in [4.78, 5) is 15.5. The van der Waals surface area contributed by atoms with Gasteiger partial charge >= 0.3 is 0 Å². The van der Waals surface area contributed by atoms with Crippen LogP contribution in [0.15, 0.2) is 12.1 Å². The van der Waals surface area contributed by atoms with Crippen molar-refractivity contribution in [2.45, 2.75) is 51.5 Å². The third-order valence-corrected chi connectivity index (χ3v) is 6.49. The molecule has 3 rings (SSSR count). The number of piperidine rings is 1. The highest BCUT2D eigenvalue weighted by Gasteiger charge is 2.30. The molecule has 0 radical (unpaired) electrons. The van der Waals surface area contributed by atoms with Crippen LogP contribution in [0.25, 0.3) is 0 Å². The fourth-order valence-electron chi connectivity index (χ4n) is 4.35. The third-order valence-electron chi connectivity index (χ3n) is 6.16. The predicted molar refractivity (Wildman–Crippen MR) is 110 cm³/mol. The molecule has 5 nitrogen and oxygen atoms in total. The van der Waals surface area contributed by atoms with E-state index in [1.54, 1.807) is 19.2 Å². The van der Waals surface area contributed by atoms with Crippen LogP contribution >= 0.6 is 11.6 Å². The number of nitrogens with zero attached hydrogens (tertiary/aromatic N) is 1. The quantitative estimate of drug-likeness (QED) is 0.743. The summed E-state index contributed by atoms with van der Waals surface area (Å²) in [5, 5.41) is 3.64. The normalized spacial score (nSPS) is 24.6. The van der Waals surface area contributed by atoms with Gasteiger partial charge in [0.25, 0.3) is 5.91 Å². The lowest BCUT2D eigenvalue weighted by molar-refractivity contribution is 0.0865. The summed E-state index contributed by atoms with van der Waals surface area (Å²) in [6.07, 6.45) is 7.19. The van der Waals surface area contributed by atoms with Gasteiger partial charge in [-0.15, -0.1) is 0 Å². The van der Waals surface area contributed by atoms with Crippen LogP contribution in [0, 0.1) is 11.8 Å². The molecular weight excluding hydrogens is 362 g/mol. The maximum Gasteiger partial charge on any atom is 0.255 e. The van der Waals surface area contributed by atoms with Gasteiger partial charge < -0.3 is 20.7 Å². The zero-order valence-electron chi connectivity index (χ0n) is 16.5. The first-order valence-electron chi connectivity index (χ1n) is 10.1. The molecule has 0 bridgehead atoms. The minimum atomic E-state index is -0.127. The molecule has 1 aromatic carbocycles. The van der Waals surface area contributed by atoms with Crippen LogP contribution in [0.3, 0.4) is 0 Å². The van der Waals surface area contributed by atoms with E-state index in [9.17, 15) is 4.79 Å². The molecule has 3 N–H and O–H groups in total. The van der Waals surface area contributed by atoms with Gasteiger partial charge in [0, 0.05) is 18.7 Å². The molecule has 1 saturated heterocycles. The smallest absolute Gasteiger partial charge is 0.255 e. The average Bonchev–Trinajstić information content (AvgIpc) is 2.66. The van der Waals surface area contributed by atoms with E-state index >= 15 is 0 Å². The van der Waals surface area contributed by atoms with Crippen LogP contribution in [-0.4, -0.2) is 43.6 Å². The predicted octanol–water partition coefficient (Wildman–Crippen LogP) is 3.95. The molecule has 27 heavy (non-hydrogen) atoms. The van der Waals surface area contributed by atoms with E-state index in [1.165, 1.54) is 38.8 Å². The van der Waals surface area contributed by atoms with Crippen molar-refractivity contribution in [1.82, 2.24) is 10.2 Å². The monoisotopic (exact) mass is 393 g/mol. The Morgan fingerprint density at radius 2 is 1.96 bits per heavy atom. The van der Waals surface area contributed by atoms with Crippen molar-refractivity contribution in [3.63, 3.8) is 0 Å². The summed E-state index contributed by atoms with van der Waals surface area (Å²) in [7, 11) is 1.54. The summed E-state index contributed by atoms with van der Waals surface area (Å²) < 4.78 is 5.34. The topological polar surface area (TPSA) is 67.6 Å². The molecule has 0 aromatic heterocycles. The van der Waals surface area contributed by atoms with Gasteiger partial charge in [0.15, 0.2) is 0 Å². The third kappa shape index (κ3) is 5.08. The second-order valence-corrected chi connectivity index (χ2v) is 8.59. The second kappa shape index (κ2) is 9.16. The zero-order valence-corrected chi connectivity index (χ0v) is 17.2. The first-order chi connectivity index (χ1) is 13.0. The Morgan fingerprint density at radius 3 is 2.67 bits per heavy atom. The van der Waals surface area contributed by atoms with Crippen molar-refractivity contribution in [3.05, 3.63) is 22.7 Å². The fraction of sp³-hybridized carbons (Fsp3) is 0.667. The van der Waals surface area contributed by atoms with Gasteiger partial charge in [-0.1, -0.05) is 31.4 Å². The van der Waals surface area contributed by atoms with Gasteiger partial charge in [0.1, 0.15) is 5.75 Å². The number of carbonyl (C=O) groups is 1. The number of likely N-dealkylation sites (tertiary alicyclic amines) is 1. The Hall–Kier alpha value is -1.46. The Balaban J connectivity index is 1.67. The van der Waals surface area contributed by atoms with Gasteiger partial charge in [-0.2, -0.15) is 0 Å². The SMILES string of the molecule is COc1cc(N)c(Cl)cc1C(=O)N[C@@H]1CCCC[C@@H]1CN1CCC(C)CC1. The first kappa shape index (κ1) is 20.3. The van der Waals surface area contributed by atoms with Crippen LogP contribution in [0.4, 0.5) is 5.69 Å². The molecule has 1 aliphatic carbocycles. The molecular formula is C21H32ClN3O2. The molecule has 150 valence electrons. The summed E-state index contributed by atoms with van der Waals surface area (Å²) in [5.41, 5.74) is 6.70. The molecule has 1 aromatic rings. The van der Waals surface area contributed by atoms with E-state index in [4.69, 9.17) is 22.1 Å². The van der Waals surface area contributed by atoms with Crippen LogP contribution in [0.1, 0.15) is 55.8 Å². The molecule has 2 atom stereocenters. The van der Waals surface area contributed by atoms with E-state index in [0.29, 0.717) is 27.9 Å². The van der Waals surface area contributed by atoms with Gasteiger partial charge in [-0.25, -0.2) is 0 Å². The van der Waals surface area contributed by atoms with Crippen molar-refractivity contribution in [2.75, 3.05) is 32.5 Å². The minimum absolute atomic E-state index is 0.127. The van der Waals surface area contributed by atoms with Gasteiger partial charge in [-0.05, 0) is 56.7 Å². The van der Waals surface area contributed by atoms with Gasteiger partial charge in [-0.3, -0.25) is 4.79 Å². The number of ether oxygens (including phenoxy) is 1. The van der Waals surface area contributed by atoms with Crippen LogP contribution in [0.2, 0.25) is 5.02 Å². The molecule has 1 saturated carbocycles. The van der Waals surface area contributed by atoms with Crippen molar-refractivity contribution in [3.8, 4) is 5.75 Å². The highest BCUT2D eigenvalue weighted by atomic mass is 35.5. The molecule has 0 spiro atoms. The maximum atomic E-state index is 12.9. The van der Waals surface area contributed by atoms with Crippen molar-refractivity contribution in [2.24, 2.45) is 11.8 Å². The number of halogens is 1. The standard InChI is InChI=1S/C21H32ClN3O2/c1-14-7-9-25(10-8-14)13-15-5-3-4-6-19(15)24-21(26)16-11-17(22)18(23)12-20(16)27-2/h11-12,14-15,19H,3-10,13,23H2,1-2H3,(H,24,26)/t15-,19-/m1/s1. The van der Waals surface area contributed by atoms with E-state index in [0.717, 1.165) is 25.3 Å². The number of amides is 1. The maximum absolute atomic E-state index is 12.9. The zero-order chi connectivity index (χ0) is 19.4. The van der Waals surface area contributed by atoms with E-state index in [-0.39, 0.29) is 11.9 Å². The Labute approximate surface area is 167 Å². The van der Waals surface area contributed by atoms with Crippen molar-refractivity contribution >= 4 is 23.2 Å². The van der Waals surface area contributed by atoms with Crippen LogP contribution in [-0.2, 0) is 0 Å². The number of methoxy groups -OCH3 is 1. The summed E-state index contributed by atoms with van der Waals surface area (Å²) in [6, 6.07) is 3.42. The second-order valence-electron chi connectivity index (χ2n) is 8.18. The van der Waals surface area contributed by atoms with E-state index < -0.39 is 0 Å². The molecule has 1 aliphatic heterocycles. The lowest BCUT2D eigenvalue weighted by Crippen LogP contribution is -2.47. The number of carbonyl (C=O) groups excluding carboxylic acids is 1. The van der Waals surface area contributed by atoms with E-state index in [1.807, 2.05) is 0 Å². The summed E-state index contributed by atoms with van der Waals surface area (Å²) in [5.74, 6) is 1.68. The molecule has 6 heteroatoms.